The zero-order chi connectivity index (χ0) is 15.0. The first kappa shape index (κ1) is 14.5. The summed E-state index contributed by atoms with van der Waals surface area (Å²) in [4.78, 5) is 0. The van der Waals surface area contributed by atoms with Crippen LogP contribution in [0.5, 0.6) is 11.5 Å². The Morgan fingerprint density at radius 3 is 1.50 bits per heavy atom. The molecule has 0 saturated carbocycles. The Kier molecular flexibility index (Phi) is 3.56. The number of benzene rings is 2. The second-order valence-electron chi connectivity index (χ2n) is 3.63. The van der Waals surface area contributed by atoms with Crippen LogP contribution in [0.1, 0.15) is 0 Å². The van der Waals surface area contributed by atoms with Crippen molar-refractivity contribution in [1.29, 1.82) is 0 Å². The molecule has 2 aromatic rings. The van der Waals surface area contributed by atoms with Gasteiger partial charge < -0.3 is 8.37 Å². The molecule has 10 heteroatoms. The third kappa shape index (κ3) is 3.57. The van der Waals surface area contributed by atoms with Crippen LogP contribution >= 0.6 is 0 Å². The summed E-state index contributed by atoms with van der Waals surface area (Å²) in [5, 5.41) is 0.345. The molecule has 0 aromatic heterocycles. The van der Waals surface area contributed by atoms with E-state index in [2.05, 4.69) is 8.37 Å². The van der Waals surface area contributed by atoms with Crippen LogP contribution in [0.25, 0.3) is 10.8 Å². The molecule has 0 radical (unpaired) electrons. The summed E-state index contributed by atoms with van der Waals surface area (Å²) in [6.45, 7) is 0. The van der Waals surface area contributed by atoms with Crippen molar-refractivity contribution in [2.75, 3.05) is 0 Å². The van der Waals surface area contributed by atoms with E-state index in [9.17, 15) is 16.8 Å². The first-order valence-corrected chi connectivity index (χ1v) is 7.74. The molecule has 2 rings (SSSR count). The van der Waals surface area contributed by atoms with Crippen LogP contribution in [0, 0.1) is 0 Å². The molecule has 0 atom stereocenters. The first-order valence-electron chi connectivity index (χ1n) is 5.01. The van der Waals surface area contributed by atoms with Crippen molar-refractivity contribution in [3.63, 3.8) is 0 Å². The zero-order valence-electron chi connectivity index (χ0n) is 9.62. The van der Waals surface area contributed by atoms with E-state index in [-0.39, 0.29) is 16.9 Å². The van der Waals surface area contributed by atoms with Gasteiger partial charge in [0.25, 0.3) is 0 Å². The lowest BCUT2D eigenvalue weighted by atomic mass is 10.1. The van der Waals surface area contributed by atoms with E-state index in [0.717, 1.165) is 0 Å². The molecular formula is C10H8O8S2. The molecule has 0 fully saturated rings. The molecule has 2 N–H and O–H groups in total. The molecule has 8 nitrogen and oxygen atoms in total. The first-order chi connectivity index (χ1) is 9.16. The maximum Gasteiger partial charge on any atom is 0.446 e. The van der Waals surface area contributed by atoms with Crippen LogP contribution in [0.4, 0.5) is 0 Å². The van der Waals surface area contributed by atoms with E-state index in [4.69, 9.17) is 9.11 Å². The van der Waals surface area contributed by atoms with Gasteiger partial charge in [0.2, 0.25) is 0 Å². The lowest BCUT2D eigenvalue weighted by Gasteiger charge is -2.10. The quantitative estimate of drug-likeness (QED) is 0.804. The lowest BCUT2D eigenvalue weighted by Crippen LogP contribution is -2.09. The zero-order valence-corrected chi connectivity index (χ0v) is 11.3. The molecule has 108 valence electrons. The fourth-order valence-corrected chi connectivity index (χ4v) is 2.37. The molecule has 0 aliphatic carbocycles. The average Bonchev–Trinajstić information content (AvgIpc) is 2.25. The molecule has 0 saturated heterocycles. The normalized spacial score (nSPS) is 12.3. The molecule has 20 heavy (non-hydrogen) atoms. The van der Waals surface area contributed by atoms with E-state index in [1.807, 2.05) is 0 Å². The largest absolute Gasteiger partial charge is 0.446 e. The van der Waals surface area contributed by atoms with Gasteiger partial charge in [0.1, 0.15) is 0 Å². The summed E-state index contributed by atoms with van der Waals surface area (Å²) in [6, 6.07) is 8.30. The van der Waals surface area contributed by atoms with Gasteiger partial charge in [0, 0.05) is 0 Å². The van der Waals surface area contributed by atoms with E-state index in [0.29, 0.717) is 5.39 Å². The Morgan fingerprint density at radius 2 is 1.15 bits per heavy atom. The van der Waals surface area contributed by atoms with Gasteiger partial charge in [-0.2, -0.15) is 16.8 Å². The predicted octanol–water partition coefficient (Wildman–Crippen LogP) is 1.20. The molecule has 2 aromatic carbocycles. The van der Waals surface area contributed by atoms with Gasteiger partial charge in [0.05, 0.1) is 5.39 Å². The van der Waals surface area contributed by atoms with E-state index in [1.54, 1.807) is 0 Å². The molecule has 0 aliphatic heterocycles. The number of hydrogen-bond acceptors (Lipinski definition) is 6. The molecular weight excluding hydrogens is 312 g/mol. The van der Waals surface area contributed by atoms with E-state index < -0.39 is 20.8 Å². The molecule has 0 amide bonds. The topological polar surface area (TPSA) is 127 Å². The van der Waals surface area contributed by atoms with Gasteiger partial charge in [-0.3, -0.25) is 9.11 Å². The van der Waals surface area contributed by atoms with Gasteiger partial charge in [-0.05, 0) is 17.5 Å². The summed E-state index contributed by atoms with van der Waals surface area (Å²) in [5.41, 5.74) is 0. The third-order valence-corrected chi connectivity index (χ3v) is 3.00. The maximum absolute atomic E-state index is 10.8. The molecule has 0 bridgehead atoms. The minimum absolute atomic E-state index is 0.0368. The Bertz CT molecular complexity index is 785. The predicted molar refractivity (Wildman–Crippen MR) is 68.3 cm³/mol. The van der Waals surface area contributed by atoms with Crippen molar-refractivity contribution < 1.29 is 34.3 Å². The highest BCUT2D eigenvalue weighted by atomic mass is 32.3. The van der Waals surface area contributed by atoms with Crippen molar-refractivity contribution in [2.45, 2.75) is 0 Å². The van der Waals surface area contributed by atoms with E-state index in [1.165, 1.54) is 36.4 Å². The Hall–Kier alpha value is -1.88. The number of fused-ring (bicyclic) bond motifs is 1. The number of rotatable bonds is 4. The summed E-state index contributed by atoms with van der Waals surface area (Å²) in [6.07, 6.45) is 0. The molecule has 0 unspecified atom stereocenters. The molecule has 0 heterocycles. The summed E-state index contributed by atoms with van der Waals surface area (Å²) in [7, 11) is -9.59. The summed E-state index contributed by atoms with van der Waals surface area (Å²) in [5.74, 6) is -0.687. The molecule has 0 aliphatic rings. The van der Waals surface area contributed by atoms with Crippen molar-refractivity contribution in [3.05, 3.63) is 36.4 Å². The third-order valence-electron chi connectivity index (χ3n) is 2.22. The number of hydrogen-bond donors (Lipinski definition) is 2. The van der Waals surface area contributed by atoms with Crippen molar-refractivity contribution in [1.82, 2.24) is 0 Å². The van der Waals surface area contributed by atoms with E-state index >= 15 is 0 Å². The average molecular weight is 320 g/mol. The minimum atomic E-state index is -4.80. The van der Waals surface area contributed by atoms with Crippen molar-refractivity contribution in [2.24, 2.45) is 0 Å². The van der Waals surface area contributed by atoms with Gasteiger partial charge in [0.15, 0.2) is 11.5 Å². The van der Waals surface area contributed by atoms with Crippen molar-refractivity contribution in [3.8, 4) is 11.5 Å². The summed E-state index contributed by atoms with van der Waals surface area (Å²) >= 11 is 0. The highest BCUT2D eigenvalue weighted by Gasteiger charge is 2.17. The van der Waals surface area contributed by atoms with Crippen LogP contribution in [0.3, 0.4) is 0 Å². The Balaban J connectivity index is 2.70. The van der Waals surface area contributed by atoms with Crippen LogP contribution in [-0.2, 0) is 20.8 Å². The molecule has 0 spiro atoms. The summed E-state index contributed by atoms with van der Waals surface area (Å²) < 4.78 is 69.1. The second-order valence-corrected chi connectivity index (χ2v) is 5.68. The Labute approximate surface area is 114 Å². The van der Waals surface area contributed by atoms with Gasteiger partial charge in [-0.15, -0.1) is 0 Å². The Morgan fingerprint density at radius 1 is 0.750 bits per heavy atom. The minimum Gasteiger partial charge on any atom is -0.361 e. The fourth-order valence-electron chi connectivity index (χ4n) is 1.64. The smallest absolute Gasteiger partial charge is 0.361 e. The lowest BCUT2D eigenvalue weighted by molar-refractivity contribution is 0.386. The highest BCUT2D eigenvalue weighted by Crippen LogP contribution is 2.35. The SMILES string of the molecule is O=S(=O)(O)Oc1cccc2cccc(OS(=O)(=O)O)c12. The van der Waals surface area contributed by atoms with Crippen LogP contribution < -0.4 is 8.37 Å². The highest BCUT2D eigenvalue weighted by molar-refractivity contribution is 7.81. The standard InChI is InChI=1S/C10H8O8S2/c11-19(12,13)17-8-5-1-3-7-4-2-6-9(10(7)8)18-20(14,15)16/h1-6H,(H,11,12,13)(H,14,15,16). The van der Waals surface area contributed by atoms with Gasteiger partial charge in [-0.1, -0.05) is 24.3 Å². The monoisotopic (exact) mass is 320 g/mol. The van der Waals surface area contributed by atoms with Crippen LogP contribution in [0.2, 0.25) is 0 Å². The van der Waals surface area contributed by atoms with Crippen LogP contribution in [0.15, 0.2) is 36.4 Å². The second kappa shape index (κ2) is 4.90. The maximum atomic E-state index is 10.8. The van der Waals surface area contributed by atoms with Gasteiger partial charge in [-0.25, -0.2) is 0 Å². The van der Waals surface area contributed by atoms with Gasteiger partial charge >= 0.3 is 20.8 Å². The fraction of sp³-hybridized carbons (Fsp3) is 0. The van der Waals surface area contributed by atoms with Crippen LogP contribution in [-0.4, -0.2) is 25.9 Å². The van der Waals surface area contributed by atoms with Crippen molar-refractivity contribution >= 4 is 31.6 Å².